The number of amides is 2. The molecule has 3 rings (SSSR count). The third-order valence-corrected chi connectivity index (χ3v) is 4.44. The summed E-state index contributed by atoms with van der Waals surface area (Å²) in [6, 6.07) is 20.8. The monoisotopic (exact) mass is 335 g/mol. The number of rotatable bonds is 4. The molecule has 0 aliphatic heterocycles. The maximum absolute atomic E-state index is 12.1. The van der Waals surface area contributed by atoms with Crippen LogP contribution >= 0.6 is 11.8 Å². The van der Waals surface area contributed by atoms with Crippen LogP contribution in [0.5, 0.6) is 0 Å². The maximum atomic E-state index is 12.1. The second-order valence-electron chi connectivity index (χ2n) is 5.20. The molecule has 0 radical (unpaired) electrons. The molecule has 4 nitrogen and oxygen atoms in total. The predicted octanol–water partition coefficient (Wildman–Crippen LogP) is 5.19. The van der Waals surface area contributed by atoms with Crippen molar-refractivity contribution in [2.45, 2.75) is 16.8 Å². The van der Waals surface area contributed by atoms with Gasteiger partial charge in [-0.1, -0.05) is 48.2 Å². The Balaban J connectivity index is 1.67. The first kappa shape index (κ1) is 16.1. The number of para-hydroxylation sites is 1. The highest BCUT2D eigenvalue weighted by molar-refractivity contribution is 7.99. The predicted molar refractivity (Wildman–Crippen MR) is 98.6 cm³/mol. The van der Waals surface area contributed by atoms with Gasteiger partial charge in [-0.25, -0.2) is 9.78 Å². The Morgan fingerprint density at radius 3 is 2.42 bits per heavy atom. The van der Waals surface area contributed by atoms with E-state index in [1.54, 1.807) is 24.0 Å². The van der Waals surface area contributed by atoms with Gasteiger partial charge in [0.15, 0.2) is 0 Å². The van der Waals surface area contributed by atoms with E-state index in [1.165, 1.54) is 5.56 Å². The summed E-state index contributed by atoms with van der Waals surface area (Å²) in [6.07, 6.45) is 1.69. The Morgan fingerprint density at radius 2 is 1.62 bits per heavy atom. The number of nitrogens with zero attached hydrogens (tertiary/aromatic N) is 1. The van der Waals surface area contributed by atoms with Gasteiger partial charge in [-0.3, -0.25) is 0 Å². The molecule has 120 valence electrons. The SMILES string of the molecule is Cc1ccccc1Sc1cc(NC(=O)Nc2ccccc2)ccn1. The first-order valence-corrected chi connectivity index (χ1v) is 8.35. The Kier molecular flexibility index (Phi) is 5.13. The van der Waals surface area contributed by atoms with E-state index in [2.05, 4.69) is 34.7 Å². The molecule has 0 fully saturated rings. The van der Waals surface area contributed by atoms with Gasteiger partial charge in [0.25, 0.3) is 0 Å². The Bertz CT molecular complexity index is 837. The van der Waals surface area contributed by atoms with Crippen LogP contribution in [0.2, 0.25) is 0 Å². The van der Waals surface area contributed by atoms with Crippen LogP contribution in [0, 0.1) is 6.92 Å². The van der Waals surface area contributed by atoms with Crippen LogP contribution in [-0.2, 0) is 0 Å². The number of carbonyl (C=O) groups is 1. The number of hydrogen-bond acceptors (Lipinski definition) is 3. The lowest BCUT2D eigenvalue weighted by Crippen LogP contribution is -2.19. The average molecular weight is 335 g/mol. The maximum Gasteiger partial charge on any atom is 0.323 e. The minimum absolute atomic E-state index is 0.278. The zero-order valence-corrected chi connectivity index (χ0v) is 14.0. The summed E-state index contributed by atoms with van der Waals surface area (Å²) in [5.41, 5.74) is 2.65. The highest BCUT2D eigenvalue weighted by atomic mass is 32.2. The molecule has 2 N–H and O–H groups in total. The van der Waals surface area contributed by atoms with Gasteiger partial charge < -0.3 is 10.6 Å². The summed E-state index contributed by atoms with van der Waals surface area (Å²) < 4.78 is 0. The van der Waals surface area contributed by atoms with Crippen LogP contribution in [0.25, 0.3) is 0 Å². The first-order chi connectivity index (χ1) is 11.7. The van der Waals surface area contributed by atoms with Gasteiger partial charge in [0, 0.05) is 22.5 Å². The largest absolute Gasteiger partial charge is 0.323 e. The molecule has 0 aliphatic carbocycles. The van der Waals surface area contributed by atoms with E-state index in [0.29, 0.717) is 5.69 Å². The number of aryl methyl sites for hydroxylation is 1. The third-order valence-electron chi connectivity index (χ3n) is 3.33. The lowest BCUT2D eigenvalue weighted by molar-refractivity contribution is 0.262. The molecule has 24 heavy (non-hydrogen) atoms. The summed E-state index contributed by atoms with van der Waals surface area (Å²) >= 11 is 1.58. The number of aromatic nitrogens is 1. The van der Waals surface area contributed by atoms with Crippen molar-refractivity contribution in [3.8, 4) is 0 Å². The molecule has 0 aliphatic rings. The van der Waals surface area contributed by atoms with Gasteiger partial charge in [-0.2, -0.15) is 0 Å². The molecule has 2 amide bonds. The number of urea groups is 1. The molecule has 2 aromatic carbocycles. The molecular weight excluding hydrogens is 318 g/mol. The van der Waals surface area contributed by atoms with Crippen LogP contribution in [0.3, 0.4) is 0 Å². The third kappa shape index (κ3) is 4.36. The first-order valence-electron chi connectivity index (χ1n) is 7.53. The van der Waals surface area contributed by atoms with E-state index in [-0.39, 0.29) is 6.03 Å². The second kappa shape index (κ2) is 7.66. The molecule has 1 aromatic heterocycles. The van der Waals surface area contributed by atoms with Crippen molar-refractivity contribution < 1.29 is 4.79 Å². The molecular formula is C19H17N3OS. The molecule has 1 heterocycles. The van der Waals surface area contributed by atoms with Gasteiger partial charge in [0.05, 0.1) is 0 Å². The van der Waals surface area contributed by atoms with E-state index in [1.807, 2.05) is 48.5 Å². The lowest BCUT2D eigenvalue weighted by atomic mass is 10.2. The molecule has 0 saturated heterocycles. The topological polar surface area (TPSA) is 54.0 Å². The number of carbonyl (C=O) groups excluding carboxylic acids is 1. The van der Waals surface area contributed by atoms with Crippen molar-refractivity contribution in [3.05, 3.63) is 78.5 Å². The van der Waals surface area contributed by atoms with Gasteiger partial charge >= 0.3 is 6.03 Å². The lowest BCUT2D eigenvalue weighted by Gasteiger charge is -2.09. The van der Waals surface area contributed by atoms with Crippen molar-refractivity contribution in [3.63, 3.8) is 0 Å². The number of benzene rings is 2. The van der Waals surface area contributed by atoms with E-state index in [0.717, 1.165) is 15.6 Å². The van der Waals surface area contributed by atoms with Gasteiger partial charge in [-0.05, 0) is 42.8 Å². The number of hydrogen-bond donors (Lipinski definition) is 2. The molecule has 5 heteroatoms. The average Bonchev–Trinajstić information content (AvgIpc) is 2.58. The van der Waals surface area contributed by atoms with Crippen LogP contribution in [0.15, 0.2) is 82.8 Å². The van der Waals surface area contributed by atoms with E-state index < -0.39 is 0 Å². The summed E-state index contributed by atoms with van der Waals surface area (Å²) in [5.74, 6) is 0. The number of anilines is 2. The molecule has 0 unspecified atom stereocenters. The Labute approximate surface area is 145 Å². The molecule has 0 atom stereocenters. The van der Waals surface area contributed by atoms with E-state index in [4.69, 9.17) is 0 Å². The highest BCUT2D eigenvalue weighted by Gasteiger charge is 2.06. The summed E-state index contributed by atoms with van der Waals surface area (Å²) in [5, 5.41) is 6.45. The molecule has 0 bridgehead atoms. The van der Waals surface area contributed by atoms with Crippen LogP contribution in [0.4, 0.5) is 16.2 Å². The van der Waals surface area contributed by atoms with Gasteiger partial charge in [-0.15, -0.1) is 0 Å². The van der Waals surface area contributed by atoms with E-state index >= 15 is 0 Å². The fourth-order valence-corrected chi connectivity index (χ4v) is 3.04. The standard InChI is InChI=1S/C19H17N3OS/c1-14-7-5-6-10-17(14)24-18-13-16(11-12-20-18)22-19(23)21-15-8-3-2-4-9-15/h2-13H,1H3,(H2,20,21,22,23). The van der Waals surface area contributed by atoms with Crippen molar-refractivity contribution >= 4 is 29.2 Å². The van der Waals surface area contributed by atoms with Crippen LogP contribution < -0.4 is 10.6 Å². The van der Waals surface area contributed by atoms with Crippen molar-refractivity contribution in [2.24, 2.45) is 0 Å². The number of pyridine rings is 1. The van der Waals surface area contributed by atoms with Crippen molar-refractivity contribution in [2.75, 3.05) is 10.6 Å². The molecule has 0 saturated carbocycles. The van der Waals surface area contributed by atoms with Crippen LogP contribution in [0.1, 0.15) is 5.56 Å². The smallest absolute Gasteiger partial charge is 0.308 e. The van der Waals surface area contributed by atoms with Gasteiger partial charge in [0.1, 0.15) is 5.03 Å². The summed E-state index contributed by atoms with van der Waals surface area (Å²) in [6.45, 7) is 2.07. The van der Waals surface area contributed by atoms with Gasteiger partial charge in [0.2, 0.25) is 0 Å². The molecule has 3 aromatic rings. The van der Waals surface area contributed by atoms with Crippen molar-refractivity contribution in [1.29, 1.82) is 0 Å². The minimum atomic E-state index is -0.278. The second-order valence-corrected chi connectivity index (χ2v) is 6.26. The zero-order valence-electron chi connectivity index (χ0n) is 13.2. The quantitative estimate of drug-likeness (QED) is 0.690. The highest BCUT2D eigenvalue weighted by Crippen LogP contribution is 2.29. The van der Waals surface area contributed by atoms with E-state index in [9.17, 15) is 4.79 Å². The Hall–Kier alpha value is -2.79. The number of nitrogens with one attached hydrogen (secondary N) is 2. The normalized spacial score (nSPS) is 10.2. The minimum Gasteiger partial charge on any atom is -0.308 e. The molecule has 0 spiro atoms. The summed E-state index contributed by atoms with van der Waals surface area (Å²) in [7, 11) is 0. The van der Waals surface area contributed by atoms with Crippen molar-refractivity contribution in [1.82, 2.24) is 4.98 Å². The summed E-state index contributed by atoms with van der Waals surface area (Å²) in [4.78, 5) is 17.6. The van der Waals surface area contributed by atoms with Crippen LogP contribution in [-0.4, -0.2) is 11.0 Å². The fourth-order valence-electron chi connectivity index (χ4n) is 2.14. The Morgan fingerprint density at radius 1 is 0.917 bits per heavy atom. The zero-order chi connectivity index (χ0) is 16.8. The fraction of sp³-hybridized carbons (Fsp3) is 0.0526.